The van der Waals surface area contributed by atoms with Gasteiger partial charge < -0.3 is 0 Å². The summed E-state index contributed by atoms with van der Waals surface area (Å²) >= 11 is -1.68. The molecule has 0 spiro atoms. The molecule has 1 saturated heterocycles. The van der Waals surface area contributed by atoms with Gasteiger partial charge in [0, 0.05) is 0 Å². The van der Waals surface area contributed by atoms with Gasteiger partial charge in [-0.25, -0.2) is 0 Å². The van der Waals surface area contributed by atoms with Gasteiger partial charge in [-0.1, -0.05) is 0 Å². The van der Waals surface area contributed by atoms with Crippen molar-refractivity contribution in [2.45, 2.75) is 43.6 Å². The van der Waals surface area contributed by atoms with Crippen molar-refractivity contribution >= 4 is 25.1 Å². The van der Waals surface area contributed by atoms with Crippen molar-refractivity contribution < 1.29 is 0 Å². The van der Waals surface area contributed by atoms with E-state index in [4.69, 9.17) is 0 Å². The number of rotatable bonds is 7. The van der Waals surface area contributed by atoms with E-state index in [9.17, 15) is 0 Å². The Morgan fingerprint density at radius 2 is 1.65 bits per heavy atom. The second-order valence-electron chi connectivity index (χ2n) is 6.33. The molecule has 2 atom stereocenters. The third-order valence-electron chi connectivity index (χ3n) is 4.22. The second-order valence-corrected chi connectivity index (χ2v) is 21.0. The SMILES string of the molecule is C=CCB(CC=C)[C@H]1[CH2][Sn]([CH3])([CH3])[CH2][C@@H]1CC=C. The maximum absolute atomic E-state index is 3.94. The van der Waals surface area contributed by atoms with Gasteiger partial charge in [0.25, 0.3) is 0 Å². The molecule has 0 nitrogen and oxygen atoms in total. The average molecular weight is 337 g/mol. The molecule has 1 rings (SSSR count). The molecule has 0 saturated carbocycles. The Balaban J connectivity index is 2.78. The molecule has 0 aromatic rings. The molecule has 94 valence electrons. The molecule has 1 fully saturated rings. The van der Waals surface area contributed by atoms with E-state index in [1.165, 1.54) is 6.42 Å². The van der Waals surface area contributed by atoms with Crippen LogP contribution in [0.4, 0.5) is 0 Å². The third kappa shape index (κ3) is 4.35. The summed E-state index contributed by atoms with van der Waals surface area (Å²) in [6, 6.07) is 0. The summed E-state index contributed by atoms with van der Waals surface area (Å²) in [6.45, 7) is 12.6. The van der Waals surface area contributed by atoms with Crippen LogP contribution in [0.15, 0.2) is 38.0 Å². The fraction of sp³-hybridized carbons (Fsp3) is 0.600. The summed E-state index contributed by atoms with van der Waals surface area (Å²) in [4.78, 5) is 5.23. The van der Waals surface area contributed by atoms with Crippen LogP contribution in [0.1, 0.15) is 6.42 Å². The summed E-state index contributed by atoms with van der Waals surface area (Å²) in [7, 11) is 0. The van der Waals surface area contributed by atoms with Crippen LogP contribution in [-0.2, 0) is 0 Å². The zero-order valence-corrected chi connectivity index (χ0v) is 14.5. The van der Waals surface area contributed by atoms with Crippen LogP contribution in [0.3, 0.4) is 0 Å². The van der Waals surface area contributed by atoms with Gasteiger partial charge in [0.05, 0.1) is 0 Å². The van der Waals surface area contributed by atoms with E-state index in [-0.39, 0.29) is 0 Å². The monoisotopic (exact) mass is 338 g/mol. The predicted molar refractivity (Wildman–Crippen MR) is 84.9 cm³/mol. The zero-order chi connectivity index (χ0) is 12.9. The van der Waals surface area contributed by atoms with Crippen molar-refractivity contribution in [2.24, 2.45) is 5.92 Å². The van der Waals surface area contributed by atoms with Gasteiger partial charge in [0.1, 0.15) is 0 Å². The van der Waals surface area contributed by atoms with Gasteiger partial charge in [-0.05, 0) is 0 Å². The molecule has 0 N–H and O–H groups in total. The van der Waals surface area contributed by atoms with Crippen molar-refractivity contribution in [1.29, 1.82) is 0 Å². The van der Waals surface area contributed by atoms with Crippen LogP contribution in [-0.4, -0.2) is 25.1 Å². The number of hydrogen-bond donors (Lipinski definition) is 0. The first-order chi connectivity index (χ1) is 8.04. The molecule has 17 heavy (non-hydrogen) atoms. The Labute approximate surface area is 112 Å². The van der Waals surface area contributed by atoms with Crippen LogP contribution in [0.25, 0.3) is 0 Å². The van der Waals surface area contributed by atoms with Crippen LogP contribution in [0.2, 0.25) is 37.2 Å². The molecule has 0 aromatic heterocycles. The molecule has 1 heterocycles. The van der Waals surface area contributed by atoms with Crippen molar-refractivity contribution in [2.75, 3.05) is 0 Å². The predicted octanol–water partition coefficient (Wildman–Crippen LogP) is 5.14. The van der Waals surface area contributed by atoms with E-state index in [1.54, 1.807) is 8.87 Å². The van der Waals surface area contributed by atoms with E-state index < -0.39 is 18.4 Å². The zero-order valence-electron chi connectivity index (χ0n) is 11.6. The Hall–Kier alpha value is 0.0836. The first-order valence-electron chi connectivity index (χ1n) is 6.86. The third-order valence-corrected chi connectivity index (χ3v) is 13.4. The van der Waals surface area contributed by atoms with E-state index >= 15 is 0 Å². The van der Waals surface area contributed by atoms with Crippen LogP contribution >= 0.6 is 0 Å². The normalized spacial score (nSPS) is 26.5. The molecular weight excluding hydrogens is 310 g/mol. The minimum absolute atomic E-state index is 0.786. The van der Waals surface area contributed by atoms with Crippen LogP contribution in [0, 0.1) is 5.92 Å². The van der Waals surface area contributed by atoms with Gasteiger partial charge in [-0.2, -0.15) is 0 Å². The quantitative estimate of drug-likeness (QED) is 0.446. The van der Waals surface area contributed by atoms with Gasteiger partial charge >= 0.3 is 113 Å². The van der Waals surface area contributed by atoms with Crippen molar-refractivity contribution in [1.82, 2.24) is 0 Å². The van der Waals surface area contributed by atoms with Crippen molar-refractivity contribution in [3.63, 3.8) is 0 Å². The van der Waals surface area contributed by atoms with E-state index in [0.29, 0.717) is 0 Å². The Morgan fingerprint density at radius 3 is 2.12 bits per heavy atom. The van der Waals surface area contributed by atoms with Crippen molar-refractivity contribution in [3.8, 4) is 0 Å². The summed E-state index contributed by atoms with van der Waals surface area (Å²) < 4.78 is 3.11. The van der Waals surface area contributed by atoms with Gasteiger partial charge in [0.2, 0.25) is 0 Å². The molecule has 0 unspecified atom stereocenters. The van der Waals surface area contributed by atoms with E-state index in [1.807, 2.05) is 0 Å². The van der Waals surface area contributed by atoms with Gasteiger partial charge in [0.15, 0.2) is 0 Å². The number of hydrogen-bond acceptors (Lipinski definition) is 0. The molecule has 0 aromatic carbocycles. The van der Waals surface area contributed by atoms with Gasteiger partial charge in [-0.15, -0.1) is 0 Å². The minimum atomic E-state index is -1.68. The molecule has 1 aliphatic heterocycles. The molecule has 0 bridgehead atoms. The first kappa shape index (κ1) is 15.1. The molecule has 1 aliphatic rings. The van der Waals surface area contributed by atoms with Crippen LogP contribution in [0.5, 0.6) is 0 Å². The summed E-state index contributed by atoms with van der Waals surface area (Å²) in [5.74, 6) is 1.82. The summed E-state index contributed by atoms with van der Waals surface area (Å²) in [6.07, 6.45) is 9.86. The summed E-state index contributed by atoms with van der Waals surface area (Å²) in [5, 5.41) is 0. The molecular formula is C15H27BSn. The fourth-order valence-electron chi connectivity index (χ4n) is 3.65. The molecule has 0 amide bonds. The Kier molecular flexibility index (Phi) is 6.12. The Bertz CT molecular complexity index is 273. The Morgan fingerprint density at radius 1 is 1.06 bits per heavy atom. The average Bonchev–Trinajstić information content (AvgIpc) is 2.54. The molecule has 2 heteroatoms. The van der Waals surface area contributed by atoms with Crippen molar-refractivity contribution in [3.05, 3.63) is 38.0 Å². The fourth-order valence-corrected chi connectivity index (χ4v) is 15.1. The molecule has 0 radical (unpaired) electrons. The standard InChI is InChI=1S/C13H21B.2CH3.Sn/c1-6-9-12(4)13(5)14(10-7-2)11-8-3;;;/h6-8,12-13H,1-5,9-11H2;2*1H3;/t12-,13+;;;/m1.../s1. The van der Waals surface area contributed by atoms with Crippen LogP contribution < -0.4 is 0 Å². The van der Waals surface area contributed by atoms with E-state index in [2.05, 4.69) is 47.8 Å². The summed E-state index contributed by atoms with van der Waals surface area (Å²) in [5.41, 5.74) is 0. The van der Waals surface area contributed by atoms with Gasteiger partial charge in [-0.3, -0.25) is 0 Å². The molecule has 0 aliphatic carbocycles. The second kappa shape index (κ2) is 6.87. The van der Waals surface area contributed by atoms with E-state index in [0.717, 1.165) is 31.1 Å². The first-order valence-corrected chi connectivity index (χ1v) is 16.6. The maximum atomic E-state index is 3.94. The number of allylic oxidation sites excluding steroid dienone is 3. The topological polar surface area (TPSA) is 0 Å².